The summed E-state index contributed by atoms with van der Waals surface area (Å²) < 4.78 is 6.54. The Labute approximate surface area is 112 Å². The number of nitrogens with one attached hydrogen (secondary N) is 1. The second-order valence-electron chi connectivity index (χ2n) is 4.35. The van der Waals surface area contributed by atoms with Gasteiger partial charge in [-0.1, -0.05) is 11.6 Å². The highest BCUT2D eigenvalue weighted by atomic mass is 35.5. The Morgan fingerprint density at radius 2 is 2.32 bits per heavy atom. The third-order valence-corrected chi connectivity index (χ3v) is 3.28. The number of hydrogen-bond acceptors (Lipinski definition) is 6. The minimum Gasteiger partial charge on any atom is -0.394 e. The molecule has 1 saturated heterocycles. The monoisotopic (exact) mass is 291 g/mol. The van der Waals surface area contributed by atoms with E-state index in [0.717, 1.165) is 10.8 Å². The molecular formula is C10H14ClN3O5. The predicted molar refractivity (Wildman–Crippen MR) is 65.9 cm³/mol. The van der Waals surface area contributed by atoms with E-state index in [-0.39, 0.29) is 11.4 Å². The van der Waals surface area contributed by atoms with Crippen LogP contribution in [0.1, 0.15) is 12.6 Å². The van der Waals surface area contributed by atoms with Gasteiger partial charge in [0.15, 0.2) is 0 Å². The molecule has 0 saturated carbocycles. The van der Waals surface area contributed by atoms with Gasteiger partial charge in [-0.15, -0.1) is 0 Å². The summed E-state index contributed by atoms with van der Waals surface area (Å²) >= 11 is 5.65. The van der Waals surface area contributed by atoms with Gasteiger partial charge in [-0.2, -0.15) is 0 Å². The van der Waals surface area contributed by atoms with Crippen LogP contribution in [0, 0.1) is 0 Å². The van der Waals surface area contributed by atoms with Crippen molar-refractivity contribution in [2.75, 3.05) is 6.61 Å². The summed E-state index contributed by atoms with van der Waals surface area (Å²) in [6.45, 7) is -0.494. The predicted octanol–water partition coefficient (Wildman–Crippen LogP) is -1.84. The summed E-state index contributed by atoms with van der Waals surface area (Å²) in [6.07, 6.45) is -1.25. The lowest BCUT2D eigenvalue weighted by atomic mass is 10.1. The fourth-order valence-electron chi connectivity index (χ4n) is 2.04. The Hall–Kier alpha value is -1.19. The molecule has 1 aromatic heterocycles. The number of hydrogen-bond donors (Lipinski definition) is 4. The lowest BCUT2D eigenvalue weighted by molar-refractivity contribution is -0.0781. The number of aromatic nitrogens is 2. The van der Waals surface area contributed by atoms with E-state index in [2.05, 4.69) is 0 Å². The maximum Gasteiger partial charge on any atom is 0.330 e. The van der Waals surface area contributed by atoms with Crippen LogP contribution in [0.25, 0.3) is 0 Å². The lowest BCUT2D eigenvalue weighted by Crippen LogP contribution is -2.41. The Balaban J connectivity index is 2.28. The van der Waals surface area contributed by atoms with Crippen LogP contribution in [0.15, 0.2) is 15.8 Å². The molecule has 9 heteroatoms. The van der Waals surface area contributed by atoms with E-state index in [1.165, 1.54) is 0 Å². The van der Waals surface area contributed by atoms with Gasteiger partial charge in [0.25, 0.3) is 5.56 Å². The Morgan fingerprint density at radius 1 is 1.63 bits per heavy atom. The van der Waals surface area contributed by atoms with Crippen LogP contribution in [-0.2, 0) is 4.74 Å². The topological polar surface area (TPSA) is 131 Å². The zero-order valence-electron chi connectivity index (χ0n) is 9.82. The first-order valence-corrected chi connectivity index (χ1v) is 6.02. The van der Waals surface area contributed by atoms with E-state index >= 15 is 0 Å². The molecule has 2 heterocycles. The quantitative estimate of drug-likeness (QED) is 0.517. The number of aliphatic hydroxyl groups excluding tert-OH is 2. The number of aromatic amines is 1. The third kappa shape index (κ3) is 2.72. The normalized spacial score (nSPS) is 28.5. The molecule has 1 aliphatic rings. The van der Waals surface area contributed by atoms with Crippen molar-refractivity contribution >= 4 is 11.6 Å². The molecule has 0 bridgehead atoms. The summed E-state index contributed by atoms with van der Waals surface area (Å²) in [6, 6.07) is -0.537. The van der Waals surface area contributed by atoms with Crippen LogP contribution >= 0.6 is 11.6 Å². The maximum absolute atomic E-state index is 11.6. The number of nitrogens with two attached hydrogens (primary N) is 1. The Kier molecular flexibility index (Phi) is 4.07. The van der Waals surface area contributed by atoms with E-state index in [0.29, 0.717) is 0 Å². The summed E-state index contributed by atoms with van der Waals surface area (Å²) in [4.78, 5) is 24.8. The first-order valence-electron chi connectivity index (χ1n) is 5.65. The molecule has 1 aromatic rings. The van der Waals surface area contributed by atoms with Crippen LogP contribution in [0.3, 0.4) is 0 Å². The van der Waals surface area contributed by atoms with Crippen molar-refractivity contribution in [3.8, 4) is 0 Å². The molecule has 1 unspecified atom stereocenters. The van der Waals surface area contributed by atoms with E-state index in [4.69, 9.17) is 27.2 Å². The molecular weight excluding hydrogens is 278 g/mol. The van der Waals surface area contributed by atoms with Crippen molar-refractivity contribution in [1.29, 1.82) is 0 Å². The van der Waals surface area contributed by atoms with Gasteiger partial charge in [0.05, 0.1) is 6.61 Å². The van der Waals surface area contributed by atoms with E-state index in [1.807, 2.05) is 4.98 Å². The molecule has 0 radical (unpaired) electrons. The van der Waals surface area contributed by atoms with Crippen LogP contribution < -0.4 is 17.0 Å². The van der Waals surface area contributed by atoms with Gasteiger partial charge in [0.1, 0.15) is 23.5 Å². The molecule has 0 amide bonds. The summed E-state index contributed by atoms with van der Waals surface area (Å²) in [5.74, 6) is 0. The molecule has 5 N–H and O–H groups in total. The van der Waals surface area contributed by atoms with Crippen LogP contribution in [0.2, 0.25) is 5.02 Å². The van der Waals surface area contributed by atoms with Crippen molar-refractivity contribution < 1.29 is 14.9 Å². The van der Waals surface area contributed by atoms with Crippen molar-refractivity contribution in [3.05, 3.63) is 32.1 Å². The van der Waals surface area contributed by atoms with E-state index in [1.54, 1.807) is 0 Å². The molecule has 106 valence electrons. The summed E-state index contributed by atoms with van der Waals surface area (Å²) in [5.41, 5.74) is 4.43. The van der Waals surface area contributed by atoms with Gasteiger partial charge in [-0.05, 0) is 0 Å². The molecule has 0 spiro atoms. The van der Waals surface area contributed by atoms with Crippen molar-refractivity contribution in [3.63, 3.8) is 0 Å². The number of halogens is 1. The van der Waals surface area contributed by atoms with Gasteiger partial charge < -0.3 is 20.7 Å². The molecule has 19 heavy (non-hydrogen) atoms. The van der Waals surface area contributed by atoms with Gasteiger partial charge >= 0.3 is 5.69 Å². The highest BCUT2D eigenvalue weighted by Crippen LogP contribution is 2.28. The fraction of sp³-hybridized carbons (Fsp3) is 0.600. The SMILES string of the molecule is N[C@H]1C[C@H](n2cc(Cl)c(=O)[nH]c2=O)OC1[C@@H](O)CO. The minimum absolute atomic E-state index is 0.150. The number of ether oxygens (including phenoxy) is 1. The number of rotatable bonds is 3. The first kappa shape index (κ1) is 14.2. The van der Waals surface area contributed by atoms with E-state index in [9.17, 15) is 14.7 Å². The summed E-state index contributed by atoms with van der Waals surface area (Å²) in [5, 5.41) is 18.3. The summed E-state index contributed by atoms with van der Waals surface area (Å²) in [7, 11) is 0. The van der Waals surface area contributed by atoms with Crippen LogP contribution in [-0.4, -0.2) is 44.6 Å². The Bertz CT molecular complexity index is 571. The second-order valence-corrected chi connectivity index (χ2v) is 4.76. The van der Waals surface area contributed by atoms with Crippen molar-refractivity contribution in [2.24, 2.45) is 5.73 Å². The molecule has 0 aromatic carbocycles. The van der Waals surface area contributed by atoms with E-state index < -0.39 is 42.3 Å². The zero-order chi connectivity index (χ0) is 14.2. The van der Waals surface area contributed by atoms with Crippen molar-refractivity contribution in [2.45, 2.75) is 30.9 Å². The first-order chi connectivity index (χ1) is 8.93. The molecule has 1 aliphatic heterocycles. The molecule has 8 nitrogen and oxygen atoms in total. The second kappa shape index (κ2) is 5.43. The van der Waals surface area contributed by atoms with Crippen LogP contribution in [0.5, 0.6) is 0 Å². The smallest absolute Gasteiger partial charge is 0.330 e. The average Bonchev–Trinajstić information content (AvgIpc) is 2.75. The standard InChI is InChI=1S/C10H14ClN3O5/c11-4-2-14(10(18)13-9(4)17)7-1-5(12)8(19-7)6(16)3-15/h2,5-8,15-16H,1,3,12H2,(H,13,17,18)/t5-,6-,7+,8?/m0/s1. The highest BCUT2D eigenvalue weighted by Gasteiger charge is 2.38. The minimum atomic E-state index is -1.13. The Morgan fingerprint density at radius 3 is 2.95 bits per heavy atom. The number of nitrogens with zero attached hydrogens (tertiary/aromatic N) is 1. The largest absolute Gasteiger partial charge is 0.394 e. The molecule has 4 atom stereocenters. The molecule has 0 aliphatic carbocycles. The number of H-pyrrole nitrogens is 1. The van der Waals surface area contributed by atoms with Gasteiger partial charge in [0, 0.05) is 18.7 Å². The lowest BCUT2D eigenvalue weighted by Gasteiger charge is -2.20. The fourth-order valence-corrected chi connectivity index (χ4v) is 2.19. The molecule has 1 fully saturated rings. The maximum atomic E-state index is 11.6. The van der Waals surface area contributed by atoms with Crippen LogP contribution in [0.4, 0.5) is 0 Å². The third-order valence-electron chi connectivity index (χ3n) is 3.01. The number of aliphatic hydroxyl groups is 2. The van der Waals surface area contributed by atoms with Gasteiger partial charge in [0.2, 0.25) is 0 Å². The molecule has 2 rings (SSSR count). The average molecular weight is 292 g/mol. The van der Waals surface area contributed by atoms with Crippen molar-refractivity contribution in [1.82, 2.24) is 9.55 Å². The highest BCUT2D eigenvalue weighted by molar-refractivity contribution is 6.30. The zero-order valence-corrected chi connectivity index (χ0v) is 10.6. The van der Waals surface area contributed by atoms with Gasteiger partial charge in [-0.3, -0.25) is 14.3 Å². The van der Waals surface area contributed by atoms with Gasteiger partial charge in [-0.25, -0.2) is 4.79 Å².